The third kappa shape index (κ3) is 1.97. The van der Waals surface area contributed by atoms with Crippen LogP contribution in [0.15, 0.2) is 60.9 Å². The first-order valence-electron chi connectivity index (χ1n) is 7.59. The van der Waals surface area contributed by atoms with Crippen molar-refractivity contribution >= 4 is 22.1 Å². The maximum atomic E-state index is 4.76. The van der Waals surface area contributed by atoms with E-state index < -0.39 is 0 Å². The summed E-state index contributed by atoms with van der Waals surface area (Å²) in [6.45, 7) is 0. The number of pyridine rings is 2. The predicted molar refractivity (Wildman–Crippen MR) is 92.2 cm³/mol. The first kappa shape index (κ1) is 13.0. The van der Waals surface area contributed by atoms with Gasteiger partial charge in [0.25, 0.3) is 0 Å². The van der Waals surface area contributed by atoms with Gasteiger partial charge in [0.2, 0.25) is 0 Å². The fraction of sp³-hybridized carbons (Fsp3) is 0. The van der Waals surface area contributed by atoms with Crippen molar-refractivity contribution in [1.29, 1.82) is 0 Å². The van der Waals surface area contributed by atoms with Crippen molar-refractivity contribution in [3.8, 4) is 22.8 Å². The summed E-state index contributed by atoms with van der Waals surface area (Å²) in [6.07, 6.45) is 3.55. The van der Waals surface area contributed by atoms with Crippen molar-refractivity contribution in [2.24, 2.45) is 0 Å². The van der Waals surface area contributed by atoms with Gasteiger partial charge in [-0.25, -0.2) is 9.97 Å². The van der Waals surface area contributed by atoms with Crippen molar-refractivity contribution in [3.63, 3.8) is 0 Å². The molecule has 6 heteroatoms. The number of nitrogens with one attached hydrogen (secondary N) is 2. The molecule has 5 rings (SSSR count). The molecule has 4 aromatic heterocycles. The number of hydrogen-bond donors (Lipinski definition) is 2. The van der Waals surface area contributed by atoms with Crippen molar-refractivity contribution in [2.75, 3.05) is 0 Å². The van der Waals surface area contributed by atoms with Crippen LogP contribution in [0.1, 0.15) is 0 Å². The molecule has 0 amide bonds. The topological polar surface area (TPSA) is 83.1 Å². The highest BCUT2D eigenvalue weighted by Crippen LogP contribution is 2.27. The monoisotopic (exact) mass is 312 g/mol. The van der Waals surface area contributed by atoms with E-state index in [0.717, 1.165) is 33.3 Å². The number of aromatic amines is 2. The molecule has 6 nitrogen and oxygen atoms in total. The molecule has 0 spiro atoms. The Morgan fingerprint density at radius 1 is 0.833 bits per heavy atom. The second-order valence-electron chi connectivity index (χ2n) is 5.51. The average molecular weight is 312 g/mol. The molecule has 0 bridgehead atoms. The molecule has 2 N–H and O–H groups in total. The SMILES string of the molecule is c1cncc(-c2ccc3[nH]nc(-c4nc5ccccc5[nH]4)c3n2)c1. The lowest BCUT2D eigenvalue weighted by Crippen LogP contribution is -1.87. The normalized spacial score (nSPS) is 11.3. The van der Waals surface area contributed by atoms with E-state index in [2.05, 4.69) is 25.1 Å². The first-order chi connectivity index (χ1) is 11.9. The molecule has 0 saturated heterocycles. The van der Waals surface area contributed by atoms with Crippen molar-refractivity contribution < 1.29 is 0 Å². The van der Waals surface area contributed by atoms with Crippen LogP contribution in [-0.2, 0) is 0 Å². The third-order valence-electron chi connectivity index (χ3n) is 3.98. The van der Waals surface area contributed by atoms with Crippen molar-refractivity contribution in [3.05, 3.63) is 60.9 Å². The molecule has 1 aromatic carbocycles. The second kappa shape index (κ2) is 4.99. The lowest BCUT2D eigenvalue weighted by atomic mass is 10.2. The fourth-order valence-electron chi connectivity index (χ4n) is 2.80. The van der Waals surface area contributed by atoms with E-state index in [0.29, 0.717) is 11.5 Å². The van der Waals surface area contributed by atoms with Gasteiger partial charge in [-0.3, -0.25) is 10.1 Å². The van der Waals surface area contributed by atoms with E-state index in [1.54, 1.807) is 12.4 Å². The first-order valence-corrected chi connectivity index (χ1v) is 7.59. The summed E-state index contributed by atoms with van der Waals surface area (Å²) in [7, 11) is 0. The van der Waals surface area contributed by atoms with Crippen LogP contribution in [0.2, 0.25) is 0 Å². The summed E-state index contributed by atoms with van der Waals surface area (Å²) in [5.74, 6) is 0.707. The smallest absolute Gasteiger partial charge is 0.161 e. The quantitative estimate of drug-likeness (QED) is 0.522. The van der Waals surface area contributed by atoms with Gasteiger partial charge < -0.3 is 4.98 Å². The number of nitrogens with zero attached hydrogens (tertiary/aromatic N) is 4. The largest absolute Gasteiger partial charge is 0.337 e. The number of para-hydroxylation sites is 2. The predicted octanol–water partition coefficient (Wildman–Crippen LogP) is 3.56. The molecule has 5 aromatic rings. The summed E-state index contributed by atoms with van der Waals surface area (Å²) in [6, 6.07) is 15.7. The van der Waals surface area contributed by atoms with Crippen LogP contribution in [0.4, 0.5) is 0 Å². The van der Waals surface area contributed by atoms with E-state index in [1.807, 2.05) is 48.5 Å². The molecule has 24 heavy (non-hydrogen) atoms. The third-order valence-corrected chi connectivity index (χ3v) is 3.98. The molecule has 0 atom stereocenters. The maximum Gasteiger partial charge on any atom is 0.161 e. The Kier molecular flexibility index (Phi) is 2.69. The summed E-state index contributed by atoms with van der Waals surface area (Å²) >= 11 is 0. The lowest BCUT2D eigenvalue weighted by molar-refractivity contribution is 1.10. The summed E-state index contributed by atoms with van der Waals surface area (Å²) < 4.78 is 0. The number of hydrogen-bond acceptors (Lipinski definition) is 4. The molecule has 0 aliphatic heterocycles. The molecular formula is C18H12N6. The van der Waals surface area contributed by atoms with Gasteiger partial charge in [-0.05, 0) is 36.4 Å². The highest BCUT2D eigenvalue weighted by atomic mass is 15.1. The average Bonchev–Trinajstić information content (AvgIpc) is 3.25. The minimum Gasteiger partial charge on any atom is -0.337 e. The highest BCUT2D eigenvalue weighted by Gasteiger charge is 2.14. The minimum atomic E-state index is 0.707. The zero-order chi connectivity index (χ0) is 15.9. The maximum absolute atomic E-state index is 4.76. The van der Waals surface area contributed by atoms with E-state index in [-0.39, 0.29) is 0 Å². The van der Waals surface area contributed by atoms with Gasteiger partial charge in [0.05, 0.1) is 22.2 Å². The van der Waals surface area contributed by atoms with Crippen LogP contribution in [0.5, 0.6) is 0 Å². The Bertz CT molecular complexity index is 1120. The number of fused-ring (bicyclic) bond motifs is 2. The van der Waals surface area contributed by atoms with Crippen molar-refractivity contribution in [1.82, 2.24) is 30.1 Å². The van der Waals surface area contributed by atoms with Gasteiger partial charge in [0, 0.05) is 18.0 Å². The van der Waals surface area contributed by atoms with Gasteiger partial charge in [-0.15, -0.1) is 0 Å². The summed E-state index contributed by atoms with van der Waals surface area (Å²) in [4.78, 5) is 16.8. The number of H-pyrrole nitrogens is 2. The molecule has 0 aliphatic rings. The zero-order valence-electron chi connectivity index (χ0n) is 12.6. The molecule has 0 saturated carbocycles. The summed E-state index contributed by atoms with van der Waals surface area (Å²) in [5.41, 5.74) is 6.09. The molecule has 4 heterocycles. The number of aromatic nitrogens is 6. The Labute approximate surface area is 136 Å². The van der Waals surface area contributed by atoms with Crippen LogP contribution in [0.25, 0.3) is 44.8 Å². The molecule has 0 fully saturated rings. The minimum absolute atomic E-state index is 0.707. The highest BCUT2D eigenvalue weighted by molar-refractivity contribution is 5.91. The number of imidazole rings is 1. The van der Waals surface area contributed by atoms with Crippen LogP contribution in [0.3, 0.4) is 0 Å². The van der Waals surface area contributed by atoms with Crippen LogP contribution in [-0.4, -0.2) is 30.1 Å². The van der Waals surface area contributed by atoms with E-state index in [9.17, 15) is 0 Å². The van der Waals surface area contributed by atoms with Gasteiger partial charge in [-0.2, -0.15) is 5.10 Å². The molecular weight excluding hydrogens is 300 g/mol. The van der Waals surface area contributed by atoms with Gasteiger partial charge in [-0.1, -0.05) is 12.1 Å². The Balaban J connectivity index is 1.71. The Hall–Kier alpha value is -3.54. The zero-order valence-corrected chi connectivity index (χ0v) is 12.6. The Morgan fingerprint density at radius 3 is 2.67 bits per heavy atom. The van der Waals surface area contributed by atoms with E-state index >= 15 is 0 Å². The van der Waals surface area contributed by atoms with Crippen LogP contribution >= 0.6 is 0 Å². The van der Waals surface area contributed by atoms with Gasteiger partial charge >= 0.3 is 0 Å². The van der Waals surface area contributed by atoms with E-state index in [1.165, 1.54) is 0 Å². The van der Waals surface area contributed by atoms with Gasteiger partial charge in [0.1, 0.15) is 5.52 Å². The number of benzene rings is 1. The standard InChI is InChI=1S/C18H12N6/c1-2-6-14-13(5-1)21-18(22-14)17-16-15(23-24-17)8-7-12(20-16)11-4-3-9-19-10-11/h1-10H,(H,21,22)(H,23,24). The van der Waals surface area contributed by atoms with E-state index in [4.69, 9.17) is 4.98 Å². The number of rotatable bonds is 2. The summed E-state index contributed by atoms with van der Waals surface area (Å²) in [5, 5.41) is 7.42. The van der Waals surface area contributed by atoms with Crippen LogP contribution < -0.4 is 0 Å². The lowest BCUT2D eigenvalue weighted by Gasteiger charge is -2.00. The molecule has 0 aliphatic carbocycles. The molecule has 0 radical (unpaired) electrons. The molecule has 0 unspecified atom stereocenters. The Morgan fingerprint density at radius 2 is 1.79 bits per heavy atom. The second-order valence-corrected chi connectivity index (χ2v) is 5.51. The van der Waals surface area contributed by atoms with Crippen LogP contribution in [0, 0.1) is 0 Å². The van der Waals surface area contributed by atoms with Gasteiger partial charge in [0.15, 0.2) is 11.5 Å². The van der Waals surface area contributed by atoms with Crippen molar-refractivity contribution in [2.45, 2.75) is 0 Å². The molecule has 114 valence electrons. The fourth-order valence-corrected chi connectivity index (χ4v) is 2.80.